The number of carbonyl (C=O) groups is 1. The number of amides is 1. The lowest BCUT2D eigenvalue weighted by Gasteiger charge is -2.14. The second-order valence-corrected chi connectivity index (χ2v) is 8.46. The van der Waals surface area contributed by atoms with Gasteiger partial charge in [0.25, 0.3) is 0 Å². The molecule has 2 unspecified atom stereocenters. The van der Waals surface area contributed by atoms with Crippen LogP contribution in [-0.4, -0.2) is 57.7 Å². The fraction of sp³-hybridized carbons (Fsp3) is 0.636. The van der Waals surface area contributed by atoms with E-state index < -0.39 is 21.3 Å². The quantitative estimate of drug-likeness (QED) is 0.548. The Kier molecular flexibility index (Phi) is 5.18. The molecule has 0 spiro atoms. The molecule has 0 radical (unpaired) electrons. The molecule has 7 nitrogen and oxygen atoms in total. The van der Waals surface area contributed by atoms with Crippen molar-refractivity contribution in [3.63, 3.8) is 0 Å². The summed E-state index contributed by atoms with van der Waals surface area (Å²) in [7, 11) is -1.41. The molecule has 1 fully saturated rings. The van der Waals surface area contributed by atoms with Gasteiger partial charge in [0.1, 0.15) is 0 Å². The monoisotopic (exact) mass is 353 g/mol. The number of imidazole rings is 1. The lowest BCUT2D eigenvalue weighted by atomic mass is 10.2. The van der Waals surface area contributed by atoms with E-state index in [-0.39, 0.29) is 29.8 Å². The van der Waals surface area contributed by atoms with Gasteiger partial charge in [0.05, 0.1) is 47.2 Å². The van der Waals surface area contributed by atoms with E-state index in [1.807, 2.05) is 0 Å². The summed E-state index contributed by atoms with van der Waals surface area (Å²) in [6.07, 6.45) is 1.54. The summed E-state index contributed by atoms with van der Waals surface area (Å²) < 4.78 is 24.5. The Bertz CT molecular complexity index is 631. The fourth-order valence-corrected chi connectivity index (χ4v) is 5.35. The van der Waals surface area contributed by atoms with Crippen molar-refractivity contribution in [2.45, 2.75) is 23.2 Å². The number of carbonyl (C=O) groups excluding carboxylic acids is 1. The van der Waals surface area contributed by atoms with E-state index in [2.05, 4.69) is 10.3 Å². The average molecular weight is 354 g/mol. The Hall–Kier alpha value is -0.770. The molecule has 0 bridgehead atoms. The number of aliphatic hydroxyl groups is 1. The van der Waals surface area contributed by atoms with Gasteiger partial charge < -0.3 is 15.0 Å². The van der Waals surface area contributed by atoms with E-state index in [1.54, 1.807) is 17.8 Å². The largest absolute Gasteiger partial charge is 0.390 e. The molecule has 1 aliphatic rings. The zero-order valence-electron chi connectivity index (χ0n) is 11.3. The molecule has 1 aromatic rings. The molecule has 2 atom stereocenters. The first-order valence-corrected chi connectivity index (χ1v) is 9.45. The van der Waals surface area contributed by atoms with Gasteiger partial charge in [-0.15, -0.1) is 11.6 Å². The number of aliphatic hydroxyl groups excluding tert-OH is 1. The highest BCUT2D eigenvalue weighted by Crippen LogP contribution is 2.20. The number of nitrogens with one attached hydrogen (secondary N) is 1. The number of aromatic nitrogens is 2. The molecule has 1 aliphatic heterocycles. The third kappa shape index (κ3) is 4.12. The normalized spacial score (nSPS) is 24.1. The van der Waals surface area contributed by atoms with Crippen LogP contribution in [0.2, 0.25) is 0 Å². The average Bonchev–Trinajstić information content (AvgIpc) is 2.87. The summed E-state index contributed by atoms with van der Waals surface area (Å²) in [4.78, 5) is 15.9. The maximum Gasteiger partial charge on any atom is 0.230 e. The van der Waals surface area contributed by atoms with Crippen molar-refractivity contribution in [2.24, 2.45) is 7.05 Å². The van der Waals surface area contributed by atoms with Crippen LogP contribution < -0.4 is 5.32 Å². The van der Waals surface area contributed by atoms with Gasteiger partial charge in [-0.25, -0.2) is 13.4 Å². The van der Waals surface area contributed by atoms with Gasteiger partial charge in [-0.2, -0.15) is 0 Å². The molecule has 1 amide bonds. The first-order chi connectivity index (χ1) is 9.82. The highest BCUT2D eigenvalue weighted by molar-refractivity contribution is 7.99. The van der Waals surface area contributed by atoms with E-state index in [9.17, 15) is 13.2 Å². The summed E-state index contributed by atoms with van der Waals surface area (Å²) in [5.74, 6) is -0.405. The van der Waals surface area contributed by atoms with Crippen molar-refractivity contribution in [3.05, 3.63) is 11.9 Å². The molecule has 10 heteroatoms. The zero-order chi connectivity index (χ0) is 15.6. The number of halogens is 1. The van der Waals surface area contributed by atoms with Gasteiger partial charge in [0.15, 0.2) is 15.0 Å². The van der Waals surface area contributed by atoms with Crippen LogP contribution >= 0.6 is 23.4 Å². The van der Waals surface area contributed by atoms with Crippen molar-refractivity contribution in [2.75, 3.05) is 17.3 Å². The van der Waals surface area contributed by atoms with Crippen LogP contribution in [0.1, 0.15) is 5.69 Å². The van der Waals surface area contributed by atoms with Crippen molar-refractivity contribution >= 4 is 39.1 Å². The fourth-order valence-electron chi connectivity index (χ4n) is 2.02. The molecule has 0 aliphatic carbocycles. The molecule has 0 aromatic carbocycles. The van der Waals surface area contributed by atoms with E-state index in [4.69, 9.17) is 16.7 Å². The van der Waals surface area contributed by atoms with Gasteiger partial charge in [-0.1, -0.05) is 11.8 Å². The Morgan fingerprint density at radius 2 is 2.33 bits per heavy atom. The Labute approximate surface area is 132 Å². The standard InChI is InChI=1S/C11H16ClN3O4S2/c1-15-7(3-16)2-13-11(15)20-4-10(17)14-9-6-21(18,19)5-8(9)12/h2,8-9,16H,3-6H2,1H3,(H,14,17). The minimum Gasteiger partial charge on any atom is -0.390 e. The van der Waals surface area contributed by atoms with Gasteiger partial charge >= 0.3 is 0 Å². The second-order valence-electron chi connectivity index (χ2n) is 4.80. The first-order valence-electron chi connectivity index (χ1n) is 6.20. The van der Waals surface area contributed by atoms with Crippen LogP contribution in [-0.2, 0) is 28.3 Å². The lowest BCUT2D eigenvalue weighted by molar-refractivity contribution is -0.119. The van der Waals surface area contributed by atoms with Crippen LogP contribution in [0.3, 0.4) is 0 Å². The third-order valence-corrected chi connectivity index (χ3v) is 6.59. The summed E-state index contributed by atoms with van der Waals surface area (Å²) in [5.41, 5.74) is 0.653. The predicted molar refractivity (Wildman–Crippen MR) is 80.1 cm³/mol. The van der Waals surface area contributed by atoms with Crippen molar-refractivity contribution < 1.29 is 18.3 Å². The second kappa shape index (κ2) is 6.55. The predicted octanol–water partition coefficient (Wildman–Crippen LogP) is -0.475. The van der Waals surface area contributed by atoms with E-state index >= 15 is 0 Å². The van der Waals surface area contributed by atoms with Gasteiger partial charge in [-0.05, 0) is 0 Å². The minimum atomic E-state index is -3.16. The molecule has 2 heterocycles. The van der Waals surface area contributed by atoms with Gasteiger partial charge in [0, 0.05) is 7.05 Å². The number of thioether (sulfide) groups is 1. The Balaban J connectivity index is 1.86. The molecular formula is C11H16ClN3O4S2. The van der Waals surface area contributed by atoms with Crippen molar-refractivity contribution in [3.8, 4) is 0 Å². The summed E-state index contributed by atoms with van der Waals surface area (Å²) >= 11 is 7.14. The smallest absolute Gasteiger partial charge is 0.230 e. The van der Waals surface area contributed by atoms with E-state index in [0.717, 1.165) is 0 Å². The highest BCUT2D eigenvalue weighted by Gasteiger charge is 2.37. The highest BCUT2D eigenvalue weighted by atomic mass is 35.5. The number of rotatable bonds is 5. The molecule has 2 N–H and O–H groups in total. The number of hydrogen-bond acceptors (Lipinski definition) is 6. The minimum absolute atomic E-state index is 0.105. The summed E-state index contributed by atoms with van der Waals surface area (Å²) in [5, 5.41) is 11.7. The SMILES string of the molecule is Cn1c(CO)cnc1SCC(=O)NC1CS(=O)(=O)CC1Cl. The number of sulfone groups is 1. The molecule has 0 saturated carbocycles. The van der Waals surface area contributed by atoms with E-state index in [1.165, 1.54) is 11.8 Å². The third-order valence-electron chi connectivity index (χ3n) is 3.17. The van der Waals surface area contributed by atoms with E-state index in [0.29, 0.717) is 10.9 Å². The molecule has 21 heavy (non-hydrogen) atoms. The van der Waals surface area contributed by atoms with Crippen molar-refractivity contribution in [1.82, 2.24) is 14.9 Å². The lowest BCUT2D eigenvalue weighted by Crippen LogP contribution is -2.41. The van der Waals surface area contributed by atoms with Crippen molar-refractivity contribution in [1.29, 1.82) is 0 Å². The zero-order valence-corrected chi connectivity index (χ0v) is 13.7. The number of alkyl halides is 1. The molecule has 118 valence electrons. The number of hydrogen-bond donors (Lipinski definition) is 2. The van der Waals surface area contributed by atoms with Crippen LogP contribution in [0.5, 0.6) is 0 Å². The van der Waals surface area contributed by atoms with Gasteiger partial charge in [-0.3, -0.25) is 4.79 Å². The molecule has 2 rings (SSSR count). The Morgan fingerprint density at radius 3 is 2.86 bits per heavy atom. The number of nitrogens with zero attached hydrogens (tertiary/aromatic N) is 2. The van der Waals surface area contributed by atoms with Crippen LogP contribution in [0.4, 0.5) is 0 Å². The maximum atomic E-state index is 11.8. The summed E-state index contributed by atoms with van der Waals surface area (Å²) in [6.45, 7) is -0.121. The molecule has 1 saturated heterocycles. The van der Waals surface area contributed by atoms with Crippen LogP contribution in [0.25, 0.3) is 0 Å². The molecule has 1 aromatic heterocycles. The van der Waals surface area contributed by atoms with Crippen LogP contribution in [0.15, 0.2) is 11.4 Å². The van der Waals surface area contributed by atoms with Crippen LogP contribution in [0, 0.1) is 0 Å². The maximum absolute atomic E-state index is 11.8. The topological polar surface area (TPSA) is 101 Å². The Morgan fingerprint density at radius 1 is 1.62 bits per heavy atom. The first kappa shape index (κ1) is 16.6. The van der Waals surface area contributed by atoms with Gasteiger partial charge in [0.2, 0.25) is 5.91 Å². The molecular weight excluding hydrogens is 338 g/mol. The summed E-state index contributed by atoms with van der Waals surface area (Å²) in [6, 6.07) is -0.542.